The average molecular weight is 529 g/mol. The van der Waals surface area contributed by atoms with Gasteiger partial charge in [0.05, 0.1) is 21.3 Å². The summed E-state index contributed by atoms with van der Waals surface area (Å²) in [5, 5.41) is 12.2. The largest absolute Gasteiger partial charge is 0.389 e. The summed E-state index contributed by atoms with van der Waals surface area (Å²) in [5.41, 5.74) is 2.76. The Morgan fingerprint density at radius 3 is 1.42 bits per heavy atom. The highest BCUT2D eigenvalue weighted by Crippen LogP contribution is 2.75. The molecule has 0 aromatic heterocycles. The number of nitrogens with zero attached hydrogens (tertiary/aromatic N) is 2. The third kappa shape index (κ3) is 5.87. The van der Waals surface area contributed by atoms with Crippen LogP contribution in [0.1, 0.15) is 83.1 Å². The van der Waals surface area contributed by atoms with Gasteiger partial charge in [0.15, 0.2) is 13.8 Å². The van der Waals surface area contributed by atoms with Crippen molar-refractivity contribution in [2.24, 2.45) is 21.1 Å². The molecule has 2 unspecified atom stereocenters. The van der Waals surface area contributed by atoms with E-state index in [1.165, 1.54) is 5.44 Å². The molecule has 0 aromatic rings. The quantitative estimate of drug-likeness (QED) is 0.239. The molecule has 1 heterocycles. The van der Waals surface area contributed by atoms with Crippen LogP contribution >= 0.6 is 7.47 Å². The van der Waals surface area contributed by atoms with Crippen molar-refractivity contribution in [1.82, 2.24) is 0 Å². The molecule has 0 bridgehead atoms. The Hall–Kier alpha value is 0.381. The van der Waals surface area contributed by atoms with Gasteiger partial charge in [-0.1, -0.05) is 103 Å². The van der Waals surface area contributed by atoms with Gasteiger partial charge in [-0.25, -0.2) is 0 Å². The maximum Gasteiger partial charge on any atom is 0.195 e. The average Bonchev–Trinajstić information content (AvgIpc) is 2.87. The second-order valence-electron chi connectivity index (χ2n) is 15.1. The minimum absolute atomic E-state index is 0.0622. The van der Waals surface area contributed by atoms with Crippen LogP contribution in [0.3, 0.4) is 0 Å². The van der Waals surface area contributed by atoms with Crippen LogP contribution in [0.2, 0.25) is 55.9 Å². The molecule has 0 amide bonds. The van der Waals surface area contributed by atoms with E-state index < -0.39 is 37.1 Å². The van der Waals surface area contributed by atoms with Gasteiger partial charge in [0, 0.05) is 5.41 Å². The molecule has 0 fully saturated rings. The SMILES string of the molecule is CC(C)[Si](/C(=C1/N=NC(O[Si](C)(C)C)(C(C)(C)C)P1[Si](C)(C)C)C(C)(C)C)(C(C)C)C(C)C. The molecule has 1 rings (SSSR count). The van der Waals surface area contributed by atoms with Crippen LogP contribution in [0.25, 0.3) is 0 Å². The molecule has 1 aliphatic rings. The Labute approximate surface area is 211 Å². The third-order valence-electron chi connectivity index (χ3n) is 7.16. The molecular weight excluding hydrogens is 472 g/mol. The summed E-state index contributed by atoms with van der Waals surface area (Å²) in [6.07, 6.45) is 0. The van der Waals surface area contributed by atoms with Crippen molar-refractivity contribution in [3.05, 3.63) is 10.6 Å². The Bertz CT molecular complexity index is 741. The lowest BCUT2D eigenvalue weighted by atomic mass is 9.94. The van der Waals surface area contributed by atoms with E-state index >= 15 is 0 Å². The van der Waals surface area contributed by atoms with Crippen LogP contribution < -0.4 is 0 Å². The molecule has 0 saturated heterocycles. The zero-order valence-corrected chi connectivity index (χ0v) is 29.4. The number of hydrogen-bond donors (Lipinski definition) is 0. The van der Waals surface area contributed by atoms with E-state index in [2.05, 4.69) is 122 Å². The highest BCUT2D eigenvalue weighted by molar-refractivity contribution is 7.98. The van der Waals surface area contributed by atoms with E-state index in [0.717, 1.165) is 0 Å². The molecule has 3 nitrogen and oxygen atoms in total. The second kappa shape index (κ2) is 9.68. The summed E-state index contributed by atoms with van der Waals surface area (Å²) in [6.45, 7) is 43.8. The summed E-state index contributed by atoms with van der Waals surface area (Å²) < 4.78 is 7.20. The monoisotopic (exact) mass is 528 g/mol. The number of azo groups is 1. The normalized spacial score (nSPS) is 25.1. The van der Waals surface area contributed by atoms with Crippen molar-refractivity contribution in [2.45, 2.75) is 144 Å². The molecule has 33 heavy (non-hydrogen) atoms. The number of allylic oxidation sites excluding steroid dienone is 1. The molecule has 0 radical (unpaired) electrons. The molecule has 2 atom stereocenters. The summed E-state index contributed by atoms with van der Waals surface area (Å²) in [7, 11) is -6.19. The number of hydrogen-bond acceptors (Lipinski definition) is 3. The van der Waals surface area contributed by atoms with E-state index in [1.807, 2.05) is 0 Å². The Balaban J connectivity index is 4.31. The summed E-state index contributed by atoms with van der Waals surface area (Å²) >= 11 is 0. The second-order valence-corrected chi connectivity index (χ2v) is 36.8. The maximum absolute atomic E-state index is 7.20. The molecule has 0 aromatic carbocycles. The fraction of sp³-hybridized carbons (Fsp3) is 0.923. The first-order valence-electron chi connectivity index (χ1n) is 13.1. The van der Waals surface area contributed by atoms with Crippen molar-refractivity contribution >= 4 is 31.6 Å². The first-order valence-corrected chi connectivity index (χ1v) is 24.4. The molecule has 194 valence electrons. The third-order valence-corrected chi connectivity index (χ3v) is 25.1. The van der Waals surface area contributed by atoms with Gasteiger partial charge in [-0.2, -0.15) is 5.11 Å². The molecule has 7 heteroatoms. The molecule has 0 aliphatic carbocycles. The topological polar surface area (TPSA) is 34.0 Å². The van der Waals surface area contributed by atoms with Crippen LogP contribution in [-0.2, 0) is 4.43 Å². The van der Waals surface area contributed by atoms with Gasteiger partial charge in [0.25, 0.3) is 0 Å². The van der Waals surface area contributed by atoms with Crippen molar-refractivity contribution in [1.29, 1.82) is 0 Å². The van der Waals surface area contributed by atoms with Gasteiger partial charge < -0.3 is 4.43 Å². The van der Waals surface area contributed by atoms with Gasteiger partial charge in [0.2, 0.25) is 0 Å². The van der Waals surface area contributed by atoms with Crippen LogP contribution in [0, 0.1) is 10.8 Å². The van der Waals surface area contributed by atoms with Gasteiger partial charge in [-0.15, -0.1) is 5.11 Å². The molecule has 0 saturated carbocycles. The van der Waals surface area contributed by atoms with Gasteiger partial charge >= 0.3 is 0 Å². The highest BCUT2D eigenvalue weighted by atomic mass is 31.4. The van der Waals surface area contributed by atoms with Crippen LogP contribution in [-0.4, -0.2) is 29.6 Å². The summed E-state index contributed by atoms with van der Waals surface area (Å²) in [6, 6.07) is 0. The Kier molecular flexibility index (Phi) is 9.22. The van der Waals surface area contributed by atoms with Crippen molar-refractivity contribution in [2.75, 3.05) is 0 Å². The fourth-order valence-corrected chi connectivity index (χ4v) is 27.6. The first kappa shape index (κ1) is 31.4. The van der Waals surface area contributed by atoms with Crippen molar-refractivity contribution < 1.29 is 4.43 Å². The van der Waals surface area contributed by atoms with Gasteiger partial charge in [-0.3, -0.25) is 0 Å². The zero-order valence-electron chi connectivity index (χ0n) is 25.5. The van der Waals surface area contributed by atoms with Crippen LogP contribution in [0.5, 0.6) is 0 Å². The van der Waals surface area contributed by atoms with Gasteiger partial charge in [-0.05, 0) is 54.3 Å². The highest BCUT2D eigenvalue weighted by Gasteiger charge is 2.63. The van der Waals surface area contributed by atoms with E-state index in [4.69, 9.17) is 14.7 Å². The predicted molar refractivity (Wildman–Crippen MR) is 159 cm³/mol. The lowest BCUT2D eigenvalue weighted by Gasteiger charge is -2.53. The fourth-order valence-electron chi connectivity index (χ4n) is 6.46. The lowest BCUT2D eigenvalue weighted by molar-refractivity contribution is 0.0466. The molecule has 0 spiro atoms. The molecule has 1 aliphatic heterocycles. The van der Waals surface area contributed by atoms with Crippen molar-refractivity contribution in [3.63, 3.8) is 0 Å². The van der Waals surface area contributed by atoms with Crippen molar-refractivity contribution in [3.8, 4) is 0 Å². The smallest absolute Gasteiger partial charge is 0.195 e. The Morgan fingerprint density at radius 2 is 1.18 bits per heavy atom. The first-order chi connectivity index (χ1) is 14.4. The molecule has 0 N–H and O–H groups in total. The zero-order chi connectivity index (χ0) is 26.6. The van der Waals surface area contributed by atoms with E-state index in [9.17, 15) is 0 Å². The minimum Gasteiger partial charge on any atom is -0.389 e. The Morgan fingerprint density at radius 1 is 0.788 bits per heavy atom. The van der Waals surface area contributed by atoms with E-state index in [-0.39, 0.29) is 10.8 Å². The predicted octanol–water partition coefficient (Wildman–Crippen LogP) is 10.8. The van der Waals surface area contributed by atoms with E-state index in [0.29, 0.717) is 16.6 Å². The van der Waals surface area contributed by atoms with E-state index in [1.54, 1.807) is 5.20 Å². The van der Waals surface area contributed by atoms with Crippen LogP contribution in [0.4, 0.5) is 0 Å². The lowest BCUT2D eigenvalue weighted by Crippen LogP contribution is -2.53. The summed E-state index contributed by atoms with van der Waals surface area (Å²) in [4.78, 5) is 0. The van der Waals surface area contributed by atoms with Gasteiger partial charge in [0.1, 0.15) is 0 Å². The standard InChI is InChI=1S/C26H57N2OPSi3/c1-19(2)33(20(3)4,21(5)6)22(24(7,8)9)23-27-28-26(25(10,11)12,29-31(13,14)15)30(23)32(16,17)18/h19-21H,1-18H3/b23-22-. The number of rotatable bonds is 7. The maximum atomic E-state index is 7.20. The summed E-state index contributed by atoms with van der Waals surface area (Å²) in [5.74, 6) is 0. The molecular formula is C26H57N2OPSi3. The van der Waals surface area contributed by atoms with Crippen LogP contribution in [0.15, 0.2) is 20.9 Å². The minimum atomic E-state index is -1.94.